The summed E-state index contributed by atoms with van der Waals surface area (Å²) in [5.41, 5.74) is 2.95. The lowest BCUT2D eigenvalue weighted by Gasteiger charge is -2.03. The standard InChI is InChI=1S/C17H14N4O2/c1-2-5-12(6-3-1)14-15-16(23-21-14)17(20-11-19-15)18-9-8-13-7-4-10-22-13/h1-7,10-11H,8-9H2,(H,18,19,20). The summed E-state index contributed by atoms with van der Waals surface area (Å²) in [6.45, 7) is 0.682. The van der Waals surface area contributed by atoms with E-state index < -0.39 is 0 Å². The summed E-state index contributed by atoms with van der Waals surface area (Å²) >= 11 is 0. The third kappa shape index (κ3) is 2.66. The minimum atomic E-state index is 0.561. The molecular weight excluding hydrogens is 292 g/mol. The van der Waals surface area contributed by atoms with Crippen molar-refractivity contribution in [2.45, 2.75) is 6.42 Å². The number of hydrogen-bond donors (Lipinski definition) is 1. The summed E-state index contributed by atoms with van der Waals surface area (Å²) in [6, 6.07) is 13.6. The molecule has 0 unspecified atom stereocenters. The monoisotopic (exact) mass is 306 g/mol. The minimum Gasteiger partial charge on any atom is -0.469 e. The summed E-state index contributed by atoms with van der Waals surface area (Å²) in [5, 5.41) is 7.39. The summed E-state index contributed by atoms with van der Waals surface area (Å²) in [6.07, 6.45) is 3.94. The topological polar surface area (TPSA) is 77.0 Å². The van der Waals surface area contributed by atoms with Crippen molar-refractivity contribution in [3.63, 3.8) is 0 Å². The van der Waals surface area contributed by atoms with E-state index in [1.54, 1.807) is 6.26 Å². The van der Waals surface area contributed by atoms with E-state index in [4.69, 9.17) is 8.94 Å². The van der Waals surface area contributed by atoms with Crippen LogP contribution in [0.4, 0.5) is 5.82 Å². The van der Waals surface area contributed by atoms with Gasteiger partial charge in [0.05, 0.1) is 6.26 Å². The smallest absolute Gasteiger partial charge is 0.228 e. The van der Waals surface area contributed by atoms with Gasteiger partial charge in [-0.05, 0) is 12.1 Å². The van der Waals surface area contributed by atoms with Gasteiger partial charge in [-0.3, -0.25) is 0 Å². The highest BCUT2D eigenvalue weighted by molar-refractivity contribution is 5.93. The third-order valence-corrected chi connectivity index (χ3v) is 3.55. The highest BCUT2D eigenvalue weighted by atomic mass is 16.5. The summed E-state index contributed by atoms with van der Waals surface area (Å²) in [5.74, 6) is 1.56. The average Bonchev–Trinajstić information content (AvgIpc) is 3.25. The third-order valence-electron chi connectivity index (χ3n) is 3.55. The molecule has 3 aromatic heterocycles. The second-order valence-corrected chi connectivity index (χ2v) is 5.05. The molecule has 0 saturated heterocycles. The van der Waals surface area contributed by atoms with Crippen molar-refractivity contribution in [2.24, 2.45) is 0 Å². The van der Waals surface area contributed by atoms with Crippen LogP contribution in [-0.4, -0.2) is 21.7 Å². The lowest BCUT2D eigenvalue weighted by atomic mass is 10.1. The molecule has 23 heavy (non-hydrogen) atoms. The number of aromatic nitrogens is 3. The Bertz CT molecular complexity index is 901. The van der Waals surface area contributed by atoms with Crippen LogP contribution in [0.15, 0.2) is 64.0 Å². The molecule has 0 atom stereocenters. The molecule has 0 aliphatic rings. The van der Waals surface area contributed by atoms with Gasteiger partial charge >= 0.3 is 0 Å². The van der Waals surface area contributed by atoms with Gasteiger partial charge in [-0.25, -0.2) is 9.97 Å². The van der Waals surface area contributed by atoms with E-state index in [-0.39, 0.29) is 0 Å². The fraction of sp³-hybridized carbons (Fsp3) is 0.118. The van der Waals surface area contributed by atoms with E-state index in [9.17, 15) is 0 Å². The average molecular weight is 306 g/mol. The Balaban J connectivity index is 1.60. The molecule has 0 aliphatic heterocycles. The Morgan fingerprint density at radius 1 is 1.00 bits per heavy atom. The highest BCUT2D eigenvalue weighted by Crippen LogP contribution is 2.29. The Hall–Kier alpha value is -3.15. The number of fused-ring (bicyclic) bond motifs is 1. The first-order valence-electron chi connectivity index (χ1n) is 7.34. The van der Waals surface area contributed by atoms with Gasteiger partial charge in [0.1, 0.15) is 23.3 Å². The van der Waals surface area contributed by atoms with Crippen LogP contribution in [0.2, 0.25) is 0 Å². The molecule has 0 radical (unpaired) electrons. The van der Waals surface area contributed by atoms with Crippen LogP contribution in [-0.2, 0) is 6.42 Å². The van der Waals surface area contributed by atoms with Gasteiger partial charge < -0.3 is 14.3 Å². The van der Waals surface area contributed by atoms with Gasteiger partial charge in [-0.15, -0.1) is 0 Å². The molecule has 114 valence electrons. The first-order chi connectivity index (χ1) is 11.4. The van der Waals surface area contributed by atoms with Gasteiger partial charge in [0.15, 0.2) is 5.82 Å². The fourth-order valence-electron chi connectivity index (χ4n) is 2.43. The molecule has 0 bridgehead atoms. The van der Waals surface area contributed by atoms with Crippen LogP contribution in [0, 0.1) is 0 Å². The van der Waals surface area contributed by atoms with Crippen molar-refractivity contribution in [1.29, 1.82) is 0 Å². The van der Waals surface area contributed by atoms with Crippen molar-refractivity contribution >= 4 is 16.9 Å². The predicted octanol–water partition coefficient (Wildman–Crippen LogP) is 3.53. The van der Waals surface area contributed by atoms with E-state index in [1.165, 1.54) is 6.33 Å². The van der Waals surface area contributed by atoms with Crippen molar-refractivity contribution in [3.8, 4) is 11.3 Å². The first kappa shape index (κ1) is 13.5. The maximum atomic E-state index is 5.46. The van der Waals surface area contributed by atoms with Crippen LogP contribution in [0.1, 0.15) is 5.76 Å². The quantitative estimate of drug-likeness (QED) is 0.608. The SMILES string of the molecule is c1ccc(-c2noc3c(NCCc4ccco4)ncnc23)cc1. The molecule has 0 aliphatic carbocycles. The number of nitrogens with one attached hydrogen (secondary N) is 1. The first-order valence-corrected chi connectivity index (χ1v) is 7.34. The largest absolute Gasteiger partial charge is 0.469 e. The van der Waals surface area contributed by atoms with Crippen LogP contribution >= 0.6 is 0 Å². The Kier molecular flexibility index (Phi) is 3.48. The zero-order valence-corrected chi connectivity index (χ0v) is 12.3. The maximum Gasteiger partial charge on any atom is 0.228 e. The summed E-state index contributed by atoms with van der Waals surface area (Å²) in [7, 11) is 0. The van der Waals surface area contributed by atoms with E-state index in [0.717, 1.165) is 23.4 Å². The zero-order chi connectivity index (χ0) is 15.5. The van der Waals surface area contributed by atoms with Crippen LogP contribution < -0.4 is 5.32 Å². The Morgan fingerprint density at radius 2 is 1.91 bits per heavy atom. The van der Waals surface area contributed by atoms with Gasteiger partial charge in [-0.1, -0.05) is 35.5 Å². The second kappa shape index (κ2) is 5.92. The lowest BCUT2D eigenvalue weighted by Crippen LogP contribution is -2.06. The van der Waals surface area contributed by atoms with E-state index in [0.29, 0.717) is 23.5 Å². The van der Waals surface area contributed by atoms with Gasteiger partial charge in [0.2, 0.25) is 5.58 Å². The fourth-order valence-corrected chi connectivity index (χ4v) is 2.43. The maximum absolute atomic E-state index is 5.46. The zero-order valence-electron chi connectivity index (χ0n) is 12.3. The molecule has 3 heterocycles. The van der Waals surface area contributed by atoms with Crippen molar-refractivity contribution in [2.75, 3.05) is 11.9 Å². The minimum absolute atomic E-state index is 0.561. The molecule has 6 heteroatoms. The predicted molar refractivity (Wildman–Crippen MR) is 85.9 cm³/mol. The van der Waals surface area contributed by atoms with E-state index >= 15 is 0 Å². The van der Waals surface area contributed by atoms with Crippen molar-refractivity contribution in [3.05, 3.63) is 60.8 Å². The molecule has 1 aromatic carbocycles. The van der Waals surface area contributed by atoms with Crippen LogP contribution in [0.3, 0.4) is 0 Å². The number of furan rings is 1. The molecule has 1 N–H and O–H groups in total. The van der Waals surface area contributed by atoms with Crippen LogP contribution in [0.5, 0.6) is 0 Å². The number of hydrogen-bond acceptors (Lipinski definition) is 6. The van der Waals surface area contributed by atoms with Gasteiger partial charge in [-0.2, -0.15) is 0 Å². The Morgan fingerprint density at radius 3 is 2.74 bits per heavy atom. The molecule has 6 nitrogen and oxygen atoms in total. The molecule has 0 spiro atoms. The van der Waals surface area contributed by atoms with E-state index in [1.807, 2.05) is 42.5 Å². The summed E-state index contributed by atoms with van der Waals surface area (Å²) in [4.78, 5) is 8.56. The molecule has 4 aromatic rings. The van der Waals surface area contributed by atoms with Crippen LogP contribution in [0.25, 0.3) is 22.4 Å². The number of benzene rings is 1. The number of nitrogens with zero attached hydrogens (tertiary/aromatic N) is 3. The second-order valence-electron chi connectivity index (χ2n) is 5.05. The van der Waals surface area contributed by atoms with E-state index in [2.05, 4.69) is 20.4 Å². The molecule has 0 fully saturated rings. The molecule has 4 rings (SSSR count). The highest BCUT2D eigenvalue weighted by Gasteiger charge is 2.15. The van der Waals surface area contributed by atoms with Gasteiger partial charge in [0.25, 0.3) is 0 Å². The van der Waals surface area contributed by atoms with Crippen molar-refractivity contribution < 1.29 is 8.94 Å². The molecule has 0 amide bonds. The lowest BCUT2D eigenvalue weighted by molar-refractivity contribution is 0.459. The molecular formula is C17H14N4O2. The number of rotatable bonds is 5. The Labute approximate surface area is 132 Å². The van der Waals surface area contributed by atoms with Gasteiger partial charge in [0, 0.05) is 18.5 Å². The van der Waals surface area contributed by atoms with Crippen molar-refractivity contribution in [1.82, 2.24) is 15.1 Å². The molecule has 0 saturated carbocycles. The normalized spacial score (nSPS) is 11.0. The summed E-state index contributed by atoms with van der Waals surface area (Å²) < 4.78 is 10.8. The number of anilines is 1.